The first-order valence-corrected chi connectivity index (χ1v) is 12.2. The fourth-order valence-electron chi connectivity index (χ4n) is 3.71. The molecule has 1 amide bonds. The second-order valence-electron chi connectivity index (χ2n) is 8.10. The number of benzene rings is 3. The van der Waals surface area contributed by atoms with E-state index in [9.17, 15) is 9.90 Å². The van der Waals surface area contributed by atoms with Gasteiger partial charge in [-0.2, -0.15) is 0 Å². The molecule has 1 aromatic heterocycles. The maximum Gasteiger partial charge on any atom is 0.230 e. The van der Waals surface area contributed by atoms with Gasteiger partial charge in [-0.1, -0.05) is 59.8 Å². The van der Waals surface area contributed by atoms with Crippen molar-refractivity contribution in [3.63, 3.8) is 0 Å². The van der Waals surface area contributed by atoms with E-state index in [1.165, 1.54) is 11.8 Å². The van der Waals surface area contributed by atoms with Crippen LogP contribution in [0, 0.1) is 20.8 Å². The molecule has 4 rings (SSSR count). The van der Waals surface area contributed by atoms with Crippen LogP contribution in [0.25, 0.3) is 17.1 Å². The van der Waals surface area contributed by atoms with Gasteiger partial charge in [0.15, 0.2) is 11.0 Å². The number of amides is 1. The third-order valence-corrected chi connectivity index (χ3v) is 6.64. The largest absolute Gasteiger partial charge is 0.507 e. The first-order valence-electron chi connectivity index (χ1n) is 10.8. The normalized spacial score (nSPS) is 10.9. The molecule has 2 N–H and O–H groups in total. The lowest BCUT2D eigenvalue weighted by molar-refractivity contribution is -0.118. The zero-order valence-corrected chi connectivity index (χ0v) is 20.7. The Morgan fingerprint density at radius 3 is 2.47 bits per heavy atom. The van der Waals surface area contributed by atoms with Crippen LogP contribution in [-0.2, 0) is 11.3 Å². The highest BCUT2D eigenvalue weighted by Crippen LogP contribution is 2.32. The molecular formula is C26H25ClN4O2S. The number of carbonyl (C=O) groups excluding carboxylic acids is 1. The first kappa shape index (κ1) is 23.9. The van der Waals surface area contributed by atoms with E-state index in [0.29, 0.717) is 22.5 Å². The summed E-state index contributed by atoms with van der Waals surface area (Å²) in [7, 11) is 0. The van der Waals surface area contributed by atoms with Gasteiger partial charge in [0.25, 0.3) is 0 Å². The monoisotopic (exact) mass is 492 g/mol. The van der Waals surface area contributed by atoms with Gasteiger partial charge in [0.1, 0.15) is 5.75 Å². The molecule has 0 bridgehead atoms. The minimum atomic E-state index is -0.119. The SMILES string of the molecule is Cc1cccc(-n2c(SCC(=O)NCc3cc(C)c(O)c(C)c3)nnc2-c2ccccc2Cl)c1. The minimum Gasteiger partial charge on any atom is -0.507 e. The van der Waals surface area contributed by atoms with Crippen LogP contribution in [0.4, 0.5) is 0 Å². The molecule has 0 spiro atoms. The summed E-state index contributed by atoms with van der Waals surface area (Å²) in [5.74, 6) is 0.971. The van der Waals surface area contributed by atoms with Gasteiger partial charge in [-0.05, 0) is 67.3 Å². The van der Waals surface area contributed by atoms with Crippen molar-refractivity contribution in [3.05, 3.63) is 87.9 Å². The molecule has 174 valence electrons. The van der Waals surface area contributed by atoms with Crippen molar-refractivity contribution in [2.75, 3.05) is 5.75 Å². The van der Waals surface area contributed by atoms with Crippen molar-refractivity contribution < 1.29 is 9.90 Å². The number of phenolic OH excluding ortho intramolecular Hbond substituents is 1. The quantitative estimate of drug-likeness (QED) is 0.327. The number of nitrogens with zero attached hydrogens (tertiary/aromatic N) is 3. The van der Waals surface area contributed by atoms with Crippen LogP contribution in [0.2, 0.25) is 5.02 Å². The zero-order chi connectivity index (χ0) is 24.2. The predicted molar refractivity (Wildman–Crippen MR) is 137 cm³/mol. The highest BCUT2D eigenvalue weighted by atomic mass is 35.5. The van der Waals surface area contributed by atoms with E-state index >= 15 is 0 Å². The lowest BCUT2D eigenvalue weighted by Crippen LogP contribution is -2.24. The molecule has 8 heteroatoms. The summed E-state index contributed by atoms with van der Waals surface area (Å²) in [5.41, 5.74) is 5.29. The molecule has 0 atom stereocenters. The standard InChI is InChI=1S/C26H25ClN4O2S/c1-16-7-6-8-20(11-16)31-25(21-9-4-5-10-22(21)27)29-30-26(31)34-15-23(32)28-14-19-12-17(2)24(33)18(3)13-19/h4-13,33H,14-15H2,1-3H3,(H,28,32). The molecule has 1 heterocycles. The number of carbonyl (C=O) groups is 1. The molecule has 0 aliphatic heterocycles. The number of phenols is 1. The third kappa shape index (κ3) is 5.26. The second-order valence-corrected chi connectivity index (χ2v) is 9.45. The summed E-state index contributed by atoms with van der Waals surface area (Å²) in [6, 6.07) is 19.3. The van der Waals surface area contributed by atoms with Crippen LogP contribution in [0.15, 0.2) is 65.8 Å². The van der Waals surface area contributed by atoms with Gasteiger partial charge in [0.2, 0.25) is 5.91 Å². The molecular weight excluding hydrogens is 468 g/mol. The van der Waals surface area contributed by atoms with Crippen molar-refractivity contribution in [1.29, 1.82) is 0 Å². The molecule has 0 unspecified atom stereocenters. The number of thioether (sulfide) groups is 1. The zero-order valence-electron chi connectivity index (χ0n) is 19.2. The van der Waals surface area contributed by atoms with Crippen molar-refractivity contribution in [2.45, 2.75) is 32.5 Å². The molecule has 0 saturated heterocycles. The Morgan fingerprint density at radius 2 is 1.76 bits per heavy atom. The van der Waals surface area contributed by atoms with E-state index < -0.39 is 0 Å². The smallest absolute Gasteiger partial charge is 0.230 e. The van der Waals surface area contributed by atoms with E-state index in [0.717, 1.165) is 33.5 Å². The molecule has 0 fully saturated rings. The molecule has 6 nitrogen and oxygen atoms in total. The van der Waals surface area contributed by atoms with Gasteiger partial charge in [0.05, 0.1) is 10.8 Å². The summed E-state index contributed by atoms with van der Waals surface area (Å²) in [6.07, 6.45) is 0. The summed E-state index contributed by atoms with van der Waals surface area (Å²) in [4.78, 5) is 12.6. The number of aryl methyl sites for hydroxylation is 3. The van der Waals surface area contributed by atoms with Gasteiger partial charge in [-0.3, -0.25) is 9.36 Å². The Bertz CT molecular complexity index is 1330. The number of aromatic nitrogens is 3. The number of aromatic hydroxyl groups is 1. The van der Waals surface area contributed by atoms with E-state index in [2.05, 4.69) is 15.5 Å². The number of hydrogen-bond donors (Lipinski definition) is 2. The predicted octanol–water partition coefficient (Wildman–Crippen LogP) is 5.63. The number of nitrogens with one attached hydrogen (secondary N) is 1. The number of halogens is 1. The fraction of sp³-hybridized carbons (Fsp3) is 0.192. The molecule has 0 radical (unpaired) electrons. The Hall–Kier alpha value is -3.29. The molecule has 4 aromatic rings. The van der Waals surface area contributed by atoms with Gasteiger partial charge in [-0.25, -0.2) is 0 Å². The van der Waals surface area contributed by atoms with E-state index in [-0.39, 0.29) is 17.4 Å². The van der Waals surface area contributed by atoms with E-state index in [1.54, 1.807) is 0 Å². The van der Waals surface area contributed by atoms with Gasteiger partial charge in [0, 0.05) is 17.8 Å². The molecule has 0 saturated carbocycles. The van der Waals surface area contributed by atoms with Gasteiger partial charge < -0.3 is 10.4 Å². The topological polar surface area (TPSA) is 80.0 Å². The van der Waals surface area contributed by atoms with Gasteiger partial charge >= 0.3 is 0 Å². The molecule has 0 aliphatic carbocycles. The minimum absolute atomic E-state index is 0.119. The van der Waals surface area contributed by atoms with E-state index in [1.807, 2.05) is 86.0 Å². The first-order chi connectivity index (χ1) is 16.3. The lowest BCUT2D eigenvalue weighted by Gasteiger charge is -2.12. The van der Waals surface area contributed by atoms with Crippen LogP contribution >= 0.6 is 23.4 Å². The maximum atomic E-state index is 12.6. The van der Waals surface area contributed by atoms with Crippen LogP contribution < -0.4 is 5.32 Å². The molecule has 3 aromatic carbocycles. The third-order valence-electron chi connectivity index (χ3n) is 5.38. The van der Waals surface area contributed by atoms with Crippen molar-refractivity contribution >= 4 is 29.3 Å². The van der Waals surface area contributed by atoms with Crippen molar-refractivity contribution in [2.24, 2.45) is 0 Å². The summed E-state index contributed by atoms with van der Waals surface area (Å²) in [5, 5.41) is 22.8. The summed E-state index contributed by atoms with van der Waals surface area (Å²) in [6.45, 7) is 6.10. The Labute approximate surface area is 208 Å². The average molecular weight is 493 g/mol. The molecule has 0 aliphatic rings. The highest BCUT2D eigenvalue weighted by molar-refractivity contribution is 7.99. The average Bonchev–Trinajstić information content (AvgIpc) is 3.23. The van der Waals surface area contributed by atoms with Gasteiger partial charge in [-0.15, -0.1) is 10.2 Å². The van der Waals surface area contributed by atoms with Crippen LogP contribution in [0.3, 0.4) is 0 Å². The van der Waals surface area contributed by atoms with E-state index in [4.69, 9.17) is 11.6 Å². The molecule has 34 heavy (non-hydrogen) atoms. The highest BCUT2D eigenvalue weighted by Gasteiger charge is 2.19. The Kier molecular flexibility index (Phi) is 7.24. The maximum absolute atomic E-state index is 12.6. The number of rotatable bonds is 7. The van der Waals surface area contributed by atoms with Crippen molar-refractivity contribution in [3.8, 4) is 22.8 Å². The van der Waals surface area contributed by atoms with Crippen LogP contribution in [0.1, 0.15) is 22.3 Å². The summed E-state index contributed by atoms with van der Waals surface area (Å²) < 4.78 is 1.93. The Morgan fingerprint density at radius 1 is 1.03 bits per heavy atom. The van der Waals surface area contributed by atoms with Crippen molar-refractivity contribution in [1.82, 2.24) is 20.1 Å². The van der Waals surface area contributed by atoms with Crippen LogP contribution in [0.5, 0.6) is 5.75 Å². The second kappa shape index (κ2) is 10.3. The number of hydrogen-bond acceptors (Lipinski definition) is 5. The fourth-order valence-corrected chi connectivity index (χ4v) is 4.71. The lowest BCUT2D eigenvalue weighted by atomic mass is 10.1. The summed E-state index contributed by atoms with van der Waals surface area (Å²) >= 11 is 7.77. The Balaban J connectivity index is 1.54. The van der Waals surface area contributed by atoms with Crippen LogP contribution in [-0.4, -0.2) is 31.5 Å².